The smallest absolute Gasteiger partial charge is 0.233 e. The molecular formula is C17H22N2O2. The summed E-state index contributed by atoms with van der Waals surface area (Å²) in [5.41, 5.74) is 1.40. The van der Waals surface area contributed by atoms with E-state index in [1.807, 2.05) is 25.2 Å². The van der Waals surface area contributed by atoms with Crippen molar-refractivity contribution in [1.29, 1.82) is 5.26 Å². The first kappa shape index (κ1) is 15.5. The maximum Gasteiger partial charge on any atom is 0.233 e. The predicted octanol–water partition coefficient (Wildman–Crippen LogP) is 2.23. The number of carbonyl (C=O) groups is 1. The number of nitriles is 1. The molecular weight excluding hydrogens is 264 g/mol. The van der Waals surface area contributed by atoms with Crippen LogP contribution < -0.4 is 0 Å². The van der Waals surface area contributed by atoms with E-state index in [4.69, 9.17) is 10.00 Å². The van der Waals surface area contributed by atoms with Crippen LogP contribution >= 0.6 is 0 Å². The van der Waals surface area contributed by atoms with Crippen molar-refractivity contribution in [3.05, 3.63) is 35.4 Å². The molecule has 112 valence electrons. The molecule has 0 radical (unpaired) electrons. The lowest BCUT2D eigenvalue weighted by Gasteiger charge is -2.45. The lowest BCUT2D eigenvalue weighted by molar-refractivity contribution is -0.181. The normalized spacial score (nSPS) is 16.1. The monoisotopic (exact) mass is 286 g/mol. The van der Waals surface area contributed by atoms with E-state index in [9.17, 15) is 4.79 Å². The first-order chi connectivity index (χ1) is 9.99. The van der Waals surface area contributed by atoms with Crippen LogP contribution in [0.1, 0.15) is 25.0 Å². The van der Waals surface area contributed by atoms with Crippen LogP contribution in [0.5, 0.6) is 0 Å². The second-order valence-electron chi connectivity index (χ2n) is 6.09. The Labute approximate surface area is 126 Å². The Kier molecular flexibility index (Phi) is 4.64. The Hall–Kier alpha value is -1.86. The molecule has 0 aliphatic carbocycles. The van der Waals surface area contributed by atoms with Crippen LogP contribution in [-0.2, 0) is 16.0 Å². The van der Waals surface area contributed by atoms with Gasteiger partial charge >= 0.3 is 0 Å². The summed E-state index contributed by atoms with van der Waals surface area (Å²) in [5, 5.41) is 8.91. The van der Waals surface area contributed by atoms with E-state index < -0.39 is 0 Å². The fraction of sp³-hybridized carbons (Fsp3) is 0.529. The van der Waals surface area contributed by atoms with Crippen molar-refractivity contribution in [2.24, 2.45) is 11.3 Å². The van der Waals surface area contributed by atoms with Gasteiger partial charge in [-0.1, -0.05) is 26.0 Å². The zero-order valence-electron chi connectivity index (χ0n) is 12.9. The molecule has 1 amide bonds. The minimum Gasteiger partial charge on any atom is -0.379 e. The fourth-order valence-electron chi connectivity index (χ4n) is 2.60. The van der Waals surface area contributed by atoms with E-state index in [1.54, 1.807) is 11.0 Å². The third kappa shape index (κ3) is 3.08. The molecule has 0 saturated carbocycles. The second-order valence-corrected chi connectivity index (χ2v) is 6.09. The summed E-state index contributed by atoms with van der Waals surface area (Å²) >= 11 is 0. The minimum atomic E-state index is -0.344. The van der Waals surface area contributed by atoms with Crippen LogP contribution in [0.3, 0.4) is 0 Å². The number of rotatable bonds is 5. The molecule has 0 bridgehead atoms. The number of nitrogens with zero attached hydrogens (tertiary/aromatic N) is 2. The molecule has 4 heteroatoms. The number of likely N-dealkylation sites (N-methyl/N-ethyl adjacent to an activating group) is 1. The average molecular weight is 286 g/mol. The molecule has 1 saturated heterocycles. The third-order valence-corrected chi connectivity index (χ3v) is 4.39. The van der Waals surface area contributed by atoms with Crippen molar-refractivity contribution < 1.29 is 9.53 Å². The van der Waals surface area contributed by atoms with Gasteiger partial charge < -0.3 is 9.64 Å². The average Bonchev–Trinajstić information content (AvgIpc) is 2.43. The van der Waals surface area contributed by atoms with Crippen molar-refractivity contribution in [2.75, 3.05) is 26.8 Å². The first-order valence-electron chi connectivity index (χ1n) is 7.32. The predicted molar refractivity (Wildman–Crippen MR) is 80.6 cm³/mol. The molecule has 1 aliphatic rings. The summed E-state index contributed by atoms with van der Waals surface area (Å²) in [6, 6.07) is 9.68. The molecule has 0 unspecified atom stereocenters. The Morgan fingerprint density at radius 2 is 2.19 bits per heavy atom. The van der Waals surface area contributed by atoms with Crippen molar-refractivity contribution >= 4 is 5.91 Å². The quantitative estimate of drug-likeness (QED) is 0.834. The number of hydrogen-bond acceptors (Lipinski definition) is 3. The molecule has 0 spiro atoms. The lowest BCUT2D eigenvalue weighted by atomic mass is 9.74. The Morgan fingerprint density at radius 1 is 1.48 bits per heavy atom. The van der Waals surface area contributed by atoms with Crippen LogP contribution in [0, 0.1) is 22.7 Å². The molecule has 0 N–H and O–H groups in total. The molecule has 1 aliphatic heterocycles. The van der Waals surface area contributed by atoms with Gasteiger partial charge in [-0.05, 0) is 30.0 Å². The first-order valence-corrected chi connectivity index (χ1v) is 7.32. The summed E-state index contributed by atoms with van der Waals surface area (Å²) in [7, 11) is 1.85. The van der Waals surface area contributed by atoms with Gasteiger partial charge in [-0.25, -0.2) is 0 Å². The zero-order chi connectivity index (χ0) is 15.5. The molecule has 1 aromatic carbocycles. The topological polar surface area (TPSA) is 53.3 Å². The largest absolute Gasteiger partial charge is 0.379 e. The van der Waals surface area contributed by atoms with E-state index in [-0.39, 0.29) is 17.2 Å². The number of carbonyl (C=O) groups excluding carboxylic acids is 1. The van der Waals surface area contributed by atoms with Crippen molar-refractivity contribution in [3.8, 4) is 6.07 Å². The van der Waals surface area contributed by atoms with Gasteiger partial charge in [-0.3, -0.25) is 4.79 Å². The van der Waals surface area contributed by atoms with Crippen molar-refractivity contribution in [3.63, 3.8) is 0 Å². The molecule has 1 aromatic rings. The molecule has 1 fully saturated rings. The molecule has 21 heavy (non-hydrogen) atoms. The van der Waals surface area contributed by atoms with E-state index in [2.05, 4.69) is 19.9 Å². The van der Waals surface area contributed by atoms with Gasteiger partial charge in [0.05, 0.1) is 30.3 Å². The molecule has 4 nitrogen and oxygen atoms in total. The van der Waals surface area contributed by atoms with Gasteiger partial charge in [0, 0.05) is 13.6 Å². The van der Waals surface area contributed by atoms with Crippen LogP contribution in [0.2, 0.25) is 0 Å². The molecule has 0 atom stereocenters. The van der Waals surface area contributed by atoms with Crippen LogP contribution in [0.25, 0.3) is 0 Å². The third-order valence-electron chi connectivity index (χ3n) is 4.39. The summed E-state index contributed by atoms with van der Waals surface area (Å²) in [5.74, 6) is 0.448. The highest BCUT2D eigenvalue weighted by atomic mass is 16.5. The van der Waals surface area contributed by atoms with E-state index >= 15 is 0 Å². The maximum atomic E-state index is 12.6. The number of amides is 1. The van der Waals surface area contributed by atoms with E-state index in [0.717, 1.165) is 12.0 Å². The summed E-state index contributed by atoms with van der Waals surface area (Å²) in [6.45, 7) is 5.85. The SMILES string of the molecule is CC(C)C1(C(=O)N(C)CCc2cccc(C#N)c2)COC1. The van der Waals surface area contributed by atoms with E-state index in [1.165, 1.54) is 0 Å². The molecule has 0 aromatic heterocycles. The van der Waals surface area contributed by atoms with Gasteiger partial charge in [0.15, 0.2) is 0 Å². The zero-order valence-corrected chi connectivity index (χ0v) is 12.9. The second kappa shape index (κ2) is 6.28. The van der Waals surface area contributed by atoms with Crippen molar-refractivity contribution in [1.82, 2.24) is 4.90 Å². The Balaban J connectivity index is 1.97. The van der Waals surface area contributed by atoms with Gasteiger partial charge in [0.25, 0.3) is 0 Å². The highest BCUT2D eigenvalue weighted by molar-refractivity contribution is 5.84. The molecule has 2 rings (SSSR count). The maximum absolute atomic E-state index is 12.6. The Bertz CT molecular complexity index is 556. The number of hydrogen-bond donors (Lipinski definition) is 0. The van der Waals surface area contributed by atoms with Crippen LogP contribution in [-0.4, -0.2) is 37.6 Å². The van der Waals surface area contributed by atoms with E-state index in [0.29, 0.717) is 25.3 Å². The standard InChI is InChI=1S/C17H22N2O2/c1-13(2)17(11-21-12-17)16(20)19(3)8-7-14-5-4-6-15(9-14)10-18/h4-6,9,13H,7-8,11-12H2,1-3H3. The minimum absolute atomic E-state index is 0.167. The van der Waals surface area contributed by atoms with Gasteiger partial charge in [-0.2, -0.15) is 5.26 Å². The van der Waals surface area contributed by atoms with Gasteiger partial charge in [0.2, 0.25) is 5.91 Å². The number of benzene rings is 1. The van der Waals surface area contributed by atoms with Gasteiger partial charge in [0.1, 0.15) is 0 Å². The van der Waals surface area contributed by atoms with Crippen molar-refractivity contribution in [2.45, 2.75) is 20.3 Å². The fourth-order valence-corrected chi connectivity index (χ4v) is 2.60. The summed E-state index contributed by atoms with van der Waals surface area (Å²) in [4.78, 5) is 14.4. The lowest BCUT2D eigenvalue weighted by Crippen LogP contribution is -2.57. The summed E-state index contributed by atoms with van der Waals surface area (Å²) < 4.78 is 5.28. The Morgan fingerprint density at radius 3 is 2.71 bits per heavy atom. The van der Waals surface area contributed by atoms with Gasteiger partial charge in [-0.15, -0.1) is 0 Å². The number of ether oxygens (including phenoxy) is 1. The highest BCUT2D eigenvalue weighted by Crippen LogP contribution is 2.37. The highest BCUT2D eigenvalue weighted by Gasteiger charge is 2.49. The summed E-state index contributed by atoms with van der Waals surface area (Å²) in [6.07, 6.45) is 0.757. The van der Waals surface area contributed by atoms with Crippen LogP contribution in [0.15, 0.2) is 24.3 Å². The van der Waals surface area contributed by atoms with Crippen LogP contribution in [0.4, 0.5) is 0 Å². The molecule has 1 heterocycles.